The summed E-state index contributed by atoms with van der Waals surface area (Å²) in [6, 6.07) is 4.39. The Labute approximate surface area is 125 Å². The van der Waals surface area contributed by atoms with Gasteiger partial charge in [-0.15, -0.1) is 0 Å². The average molecular weight is 289 g/mol. The molecule has 0 amide bonds. The lowest BCUT2D eigenvalue weighted by Crippen LogP contribution is -2.19. The highest BCUT2D eigenvalue weighted by molar-refractivity contribution is 5.64. The maximum atomic E-state index is 9.22. The topological polar surface area (TPSA) is 63.2 Å². The van der Waals surface area contributed by atoms with E-state index in [1.165, 1.54) is 19.3 Å². The third-order valence-electron chi connectivity index (χ3n) is 4.00. The van der Waals surface area contributed by atoms with Crippen molar-refractivity contribution in [1.29, 1.82) is 0 Å². The first-order valence-corrected chi connectivity index (χ1v) is 7.67. The Bertz CT molecular complexity index is 598. The third-order valence-corrected chi connectivity index (χ3v) is 4.00. The molecule has 0 radical (unpaired) electrons. The van der Waals surface area contributed by atoms with Gasteiger partial charge in [0, 0.05) is 17.7 Å². The Balaban J connectivity index is 1.80. The van der Waals surface area contributed by atoms with E-state index in [0.29, 0.717) is 12.6 Å². The van der Waals surface area contributed by atoms with Crippen LogP contribution in [0.25, 0.3) is 11.3 Å². The number of furan rings is 1. The van der Waals surface area contributed by atoms with Crippen LogP contribution in [0.2, 0.25) is 0 Å². The third kappa shape index (κ3) is 3.29. The number of aliphatic hydroxyl groups excluding tert-OH is 1. The van der Waals surface area contributed by atoms with Gasteiger partial charge in [0.15, 0.2) is 0 Å². The van der Waals surface area contributed by atoms with Crippen LogP contribution in [0.4, 0.5) is 5.82 Å². The molecule has 1 saturated carbocycles. The number of rotatable bonds is 7. The predicted octanol–water partition coefficient (Wildman–Crippen LogP) is 3.04. The van der Waals surface area contributed by atoms with E-state index in [0.717, 1.165) is 28.8 Å². The average Bonchev–Trinajstić information content (AvgIpc) is 3.01. The molecular weight excluding hydrogens is 266 g/mol. The highest BCUT2D eigenvalue weighted by atomic mass is 16.3. The Morgan fingerprint density at radius 2 is 2.33 bits per heavy atom. The van der Waals surface area contributed by atoms with Gasteiger partial charge in [-0.2, -0.15) is 5.10 Å². The van der Waals surface area contributed by atoms with Crippen molar-refractivity contribution in [3.63, 3.8) is 0 Å². The zero-order valence-corrected chi connectivity index (χ0v) is 12.7. The minimum Gasteiger partial charge on any atom is -0.469 e. The van der Waals surface area contributed by atoms with Crippen LogP contribution in [0, 0.1) is 12.8 Å². The minimum absolute atomic E-state index is 0.0805. The maximum absolute atomic E-state index is 9.22. The molecular formula is C16H23N3O2. The molecule has 0 aromatic carbocycles. The first-order valence-electron chi connectivity index (χ1n) is 7.67. The van der Waals surface area contributed by atoms with Crippen LogP contribution in [0.5, 0.6) is 0 Å². The summed E-state index contributed by atoms with van der Waals surface area (Å²) in [6.07, 6.45) is 5.60. The SMILES string of the molecule is Cc1occc1-c1cc(NC(C)CC2CC2)n(CCO)n1. The van der Waals surface area contributed by atoms with Gasteiger partial charge in [0.25, 0.3) is 0 Å². The Kier molecular flexibility index (Phi) is 4.01. The van der Waals surface area contributed by atoms with Crippen LogP contribution in [-0.4, -0.2) is 27.5 Å². The van der Waals surface area contributed by atoms with Crippen molar-refractivity contribution in [2.75, 3.05) is 11.9 Å². The number of hydrogen-bond donors (Lipinski definition) is 2. The van der Waals surface area contributed by atoms with Crippen LogP contribution in [0.1, 0.15) is 31.9 Å². The van der Waals surface area contributed by atoms with Gasteiger partial charge in [-0.05, 0) is 32.3 Å². The summed E-state index contributed by atoms with van der Waals surface area (Å²) in [5.41, 5.74) is 1.89. The van der Waals surface area contributed by atoms with Crippen LogP contribution >= 0.6 is 0 Å². The first kappa shape index (κ1) is 14.2. The number of nitrogens with zero attached hydrogens (tertiary/aromatic N) is 2. The number of hydrogen-bond acceptors (Lipinski definition) is 4. The summed E-state index contributed by atoms with van der Waals surface area (Å²) in [4.78, 5) is 0. The molecule has 3 rings (SSSR count). The Morgan fingerprint density at radius 3 is 2.95 bits per heavy atom. The molecule has 1 atom stereocenters. The van der Waals surface area contributed by atoms with E-state index >= 15 is 0 Å². The van der Waals surface area contributed by atoms with E-state index in [4.69, 9.17) is 4.42 Å². The van der Waals surface area contributed by atoms with Crippen molar-refractivity contribution in [3.8, 4) is 11.3 Å². The van der Waals surface area contributed by atoms with E-state index < -0.39 is 0 Å². The van der Waals surface area contributed by atoms with Crippen molar-refractivity contribution in [3.05, 3.63) is 24.2 Å². The molecule has 0 spiro atoms. The second kappa shape index (κ2) is 5.93. The van der Waals surface area contributed by atoms with Gasteiger partial charge in [-0.3, -0.25) is 0 Å². The lowest BCUT2D eigenvalue weighted by Gasteiger charge is -2.15. The Hall–Kier alpha value is -1.75. The van der Waals surface area contributed by atoms with Gasteiger partial charge in [-0.25, -0.2) is 4.68 Å². The molecule has 114 valence electrons. The van der Waals surface area contributed by atoms with Gasteiger partial charge in [0.05, 0.1) is 25.1 Å². The zero-order valence-electron chi connectivity index (χ0n) is 12.7. The second-order valence-electron chi connectivity index (χ2n) is 5.98. The first-order chi connectivity index (χ1) is 10.2. The van der Waals surface area contributed by atoms with Crippen LogP contribution in [-0.2, 0) is 6.54 Å². The fourth-order valence-electron chi connectivity index (χ4n) is 2.75. The fourth-order valence-corrected chi connectivity index (χ4v) is 2.75. The molecule has 0 saturated heterocycles. The van der Waals surface area contributed by atoms with Crippen molar-refractivity contribution in [2.45, 2.75) is 45.7 Å². The van der Waals surface area contributed by atoms with Crippen molar-refractivity contribution in [2.24, 2.45) is 5.92 Å². The molecule has 1 aliphatic rings. The smallest absolute Gasteiger partial charge is 0.125 e. The lowest BCUT2D eigenvalue weighted by molar-refractivity contribution is 0.270. The summed E-state index contributed by atoms with van der Waals surface area (Å²) >= 11 is 0. The molecule has 5 heteroatoms. The Morgan fingerprint density at radius 1 is 1.52 bits per heavy atom. The summed E-state index contributed by atoms with van der Waals surface area (Å²) < 4.78 is 7.19. The molecule has 2 N–H and O–H groups in total. The molecule has 2 aromatic rings. The largest absolute Gasteiger partial charge is 0.469 e. The predicted molar refractivity (Wildman–Crippen MR) is 82.2 cm³/mol. The summed E-state index contributed by atoms with van der Waals surface area (Å²) in [6.45, 7) is 4.72. The van der Waals surface area contributed by atoms with Gasteiger partial charge in [0.2, 0.25) is 0 Å². The standard InChI is InChI=1S/C16H23N3O2/c1-11(9-13-3-4-13)17-16-10-15(18-19(16)6-7-20)14-5-8-21-12(14)2/h5,8,10-11,13,17,20H,3-4,6-7,9H2,1-2H3. The van der Waals surface area contributed by atoms with E-state index in [2.05, 4.69) is 17.3 Å². The van der Waals surface area contributed by atoms with Crippen LogP contribution in [0.3, 0.4) is 0 Å². The van der Waals surface area contributed by atoms with Gasteiger partial charge < -0.3 is 14.8 Å². The molecule has 1 fully saturated rings. The van der Waals surface area contributed by atoms with Gasteiger partial charge in [-0.1, -0.05) is 12.8 Å². The molecule has 5 nitrogen and oxygen atoms in total. The van der Waals surface area contributed by atoms with Crippen LogP contribution in [0.15, 0.2) is 22.8 Å². The van der Waals surface area contributed by atoms with E-state index in [-0.39, 0.29) is 6.61 Å². The molecule has 0 aliphatic heterocycles. The molecule has 2 aromatic heterocycles. The molecule has 1 unspecified atom stereocenters. The monoisotopic (exact) mass is 289 g/mol. The molecule has 2 heterocycles. The maximum Gasteiger partial charge on any atom is 0.125 e. The van der Waals surface area contributed by atoms with Crippen molar-refractivity contribution in [1.82, 2.24) is 9.78 Å². The van der Waals surface area contributed by atoms with Crippen molar-refractivity contribution >= 4 is 5.82 Å². The van der Waals surface area contributed by atoms with Gasteiger partial charge >= 0.3 is 0 Å². The van der Waals surface area contributed by atoms with Crippen molar-refractivity contribution < 1.29 is 9.52 Å². The summed E-state index contributed by atoms with van der Waals surface area (Å²) in [5, 5.41) is 17.3. The normalized spacial score (nSPS) is 16.1. The molecule has 0 bridgehead atoms. The second-order valence-corrected chi connectivity index (χ2v) is 5.98. The van der Waals surface area contributed by atoms with Crippen LogP contribution < -0.4 is 5.32 Å². The van der Waals surface area contributed by atoms with E-state index in [1.807, 2.05) is 23.7 Å². The minimum atomic E-state index is 0.0805. The van der Waals surface area contributed by atoms with E-state index in [1.54, 1.807) is 6.26 Å². The highest BCUT2D eigenvalue weighted by Crippen LogP contribution is 2.34. The highest BCUT2D eigenvalue weighted by Gasteiger charge is 2.24. The fraction of sp³-hybridized carbons (Fsp3) is 0.562. The number of nitrogens with one attached hydrogen (secondary N) is 1. The summed E-state index contributed by atoms with van der Waals surface area (Å²) in [7, 11) is 0. The van der Waals surface area contributed by atoms with Gasteiger partial charge in [0.1, 0.15) is 11.6 Å². The lowest BCUT2D eigenvalue weighted by atomic mass is 10.1. The van der Waals surface area contributed by atoms with E-state index in [9.17, 15) is 5.11 Å². The number of aryl methyl sites for hydroxylation is 1. The quantitative estimate of drug-likeness (QED) is 0.822. The number of anilines is 1. The number of aromatic nitrogens is 2. The summed E-state index contributed by atoms with van der Waals surface area (Å²) in [5.74, 6) is 2.71. The number of aliphatic hydroxyl groups is 1. The molecule has 21 heavy (non-hydrogen) atoms. The zero-order chi connectivity index (χ0) is 14.8. The molecule has 1 aliphatic carbocycles.